The number of nitrogens with one attached hydrogen (secondary N) is 1. The molecule has 20 heavy (non-hydrogen) atoms. The smallest absolute Gasteiger partial charge is 0.128 e. The molecule has 0 saturated heterocycles. The second kappa shape index (κ2) is 6.33. The zero-order valence-corrected chi connectivity index (χ0v) is 12.1. The van der Waals surface area contributed by atoms with Crippen molar-refractivity contribution in [3.8, 4) is 0 Å². The molecule has 0 bridgehead atoms. The van der Waals surface area contributed by atoms with Crippen LogP contribution in [0.4, 0.5) is 8.78 Å². The molecule has 4 heteroatoms. The van der Waals surface area contributed by atoms with Crippen molar-refractivity contribution in [3.05, 3.63) is 69.7 Å². The molecule has 0 aliphatic heterocycles. The zero-order valence-electron chi connectivity index (χ0n) is 11.4. The summed E-state index contributed by atoms with van der Waals surface area (Å²) in [4.78, 5) is 0. The third-order valence-electron chi connectivity index (χ3n) is 3.23. The van der Waals surface area contributed by atoms with E-state index in [1.54, 1.807) is 12.1 Å². The lowest BCUT2D eigenvalue weighted by molar-refractivity contribution is 0.553. The minimum Gasteiger partial charge on any atom is -0.306 e. The Morgan fingerprint density at radius 3 is 2.55 bits per heavy atom. The molecule has 0 amide bonds. The van der Waals surface area contributed by atoms with Crippen LogP contribution in [0, 0.1) is 18.6 Å². The van der Waals surface area contributed by atoms with Crippen molar-refractivity contribution in [2.45, 2.75) is 19.9 Å². The van der Waals surface area contributed by atoms with Gasteiger partial charge in [-0.2, -0.15) is 0 Å². The molecule has 106 valence electrons. The van der Waals surface area contributed by atoms with Crippen LogP contribution in [0.15, 0.2) is 36.4 Å². The number of hydrogen-bond acceptors (Lipinski definition) is 1. The predicted molar refractivity (Wildman–Crippen MR) is 78.1 cm³/mol. The van der Waals surface area contributed by atoms with Crippen LogP contribution in [0.1, 0.15) is 29.7 Å². The van der Waals surface area contributed by atoms with Gasteiger partial charge in [-0.1, -0.05) is 24.6 Å². The summed E-state index contributed by atoms with van der Waals surface area (Å²) in [5.74, 6) is -0.694. The van der Waals surface area contributed by atoms with Gasteiger partial charge in [-0.3, -0.25) is 0 Å². The van der Waals surface area contributed by atoms with Crippen molar-refractivity contribution in [1.82, 2.24) is 5.32 Å². The Kier molecular flexibility index (Phi) is 4.73. The lowest BCUT2D eigenvalue weighted by Crippen LogP contribution is -2.24. The highest BCUT2D eigenvalue weighted by atomic mass is 35.5. The van der Waals surface area contributed by atoms with E-state index in [1.807, 2.05) is 13.8 Å². The fourth-order valence-corrected chi connectivity index (χ4v) is 2.43. The first-order valence-electron chi connectivity index (χ1n) is 6.47. The maximum Gasteiger partial charge on any atom is 0.128 e. The minimum atomic E-state index is -0.422. The number of hydrogen-bond donors (Lipinski definition) is 1. The first-order valence-corrected chi connectivity index (χ1v) is 6.85. The van der Waals surface area contributed by atoms with Gasteiger partial charge in [-0.15, -0.1) is 0 Å². The Morgan fingerprint density at radius 2 is 1.85 bits per heavy atom. The van der Waals surface area contributed by atoms with E-state index in [4.69, 9.17) is 11.6 Å². The van der Waals surface area contributed by atoms with Gasteiger partial charge in [0.05, 0.1) is 6.04 Å². The van der Waals surface area contributed by atoms with Gasteiger partial charge in [-0.25, -0.2) is 8.78 Å². The van der Waals surface area contributed by atoms with Crippen LogP contribution in [0.5, 0.6) is 0 Å². The van der Waals surface area contributed by atoms with Gasteiger partial charge in [0.25, 0.3) is 0 Å². The number of rotatable bonds is 4. The summed E-state index contributed by atoms with van der Waals surface area (Å²) < 4.78 is 27.6. The summed E-state index contributed by atoms with van der Waals surface area (Å²) in [6.07, 6.45) is 0. The molecule has 1 atom stereocenters. The van der Waals surface area contributed by atoms with E-state index in [1.165, 1.54) is 24.3 Å². The van der Waals surface area contributed by atoms with E-state index in [-0.39, 0.29) is 11.6 Å². The van der Waals surface area contributed by atoms with Crippen molar-refractivity contribution in [1.29, 1.82) is 0 Å². The lowest BCUT2D eigenvalue weighted by atomic mass is 9.94. The van der Waals surface area contributed by atoms with Crippen LogP contribution in [0.25, 0.3) is 0 Å². The van der Waals surface area contributed by atoms with Crippen LogP contribution in [0.2, 0.25) is 5.02 Å². The molecule has 2 aromatic rings. The largest absolute Gasteiger partial charge is 0.306 e. The van der Waals surface area contributed by atoms with E-state index >= 15 is 0 Å². The molecule has 1 nitrogen and oxygen atoms in total. The third-order valence-corrected chi connectivity index (χ3v) is 3.46. The second-order valence-electron chi connectivity index (χ2n) is 4.66. The topological polar surface area (TPSA) is 12.0 Å². The quantitative estimate of drug-likeness (QED) is 0.867. The SMILES string of the molecule is CCNC(c1cc(F)ccc1C)c1cc(Cl)ccc1F. The molecule has 1 unspecified atom stereocenters. The number of halogens is 3. The van der Waals surface area contributed by atoms with Crippen molar-refractivity contribution in [2.75, 3.05) is 6.54 Å². The fourth-order valence-electron chi connectivity index (χ4n) is 2.25. The fraction of sp³-hybridized carbons (Fsp3) is 0.250. The van der Waals surface area contributed by atoms with Crippen molar-refractivity contribution in [3.63, 3.8) is 0 Å². The van der Waals surface area contributed by atoms with Crippen LogP contribution >= 0.6 is 11.6 Å². The van der Waals surface area contributed by atoms with Crippen molar-refractivity contribution >= 4 is 11.6 Å². The van der Waals surface area contributed by atoms with Crippen molar-refractivity contribution < 1.29 is 8.78 Å². The van der Waals surface area contributed by atoms with E-state index in [0.29, 0.717) is 22.7 Å². The van der Waals surface area contributed by atoms with Gasteiger partial charge in [0.2, 0.25) is 0 Å². The third kappa shape index (κ3) is 3.17. The predicted octanol–water partition coefficient (Wildman–Crippen LogP) is 4.63. The average Bonchev–Trinajstić information content (AvgIpc) is 2.42. The van der Waals surface area contributed by atoms with E-state index in [2.05, 4.69) is 5.32 Å². The lowest BCUT2D eigenvalue weighted by Gasteiger charge is -2.21. The van der Waals surface area contributed by atoms with Crippen LogP contribution in [0.3, 0.4) is 0 Å². The molecule has 0 heterocycles. The second-order valence-corrected chi connectivity index (χ2v) is 5.09. The molecule has 0 fully saturated rings. The van der Waals surface area contributed by atoms with Gasteiger partial charge in [0, 0.05) is 10.6 Å². The van der Waals surface area contributed by atoms with E-state index < -0.39 is 6.04 Å². The monoisotopic (exact) mass is 295 g/mol. The number of aryl methyl sites for hydroxylation is 1. The molecule has 0 radical (unpaired) electrons. The van der Waals surface area contributed by atoms with Crippen LogP contribution < -0.4 is 5.32 Å². The van der Waals surface area contributed by atoms with Gasteiger partial charge < -0.3 is 5.32 Å². The molecule has 0 saturated carbocycles. The molecule has 0 aliphatic carbocycles. The summed E-state index contributed by atoms with van der Waals surface area (Å²) in [7, 11) is 0. The number of benzene rings is 2. The maximum absolute atomic E-state index is 14.1. The molecule has 2 aromatic carbocycles. The highest BCUT2D eigenvalue weighted by Crippen LogP contribution is 2.29. The van der Waals surface area contributed by atoms with E-state index in [0.717, 1.165) is 5.56 Å². The molecule has 2 rings (SSSR count). The van der Waals surface area contributed by atoms with Gasteiger partial charge in [-0.05, 0) is 54.9 Å². The van der Waals surface area contributed by atoms with Crippen molar-refractivity contribution in [2.24, 2.45) is 0 Å². The summed E-state index contributed by atoms with van der Waals surface area (Å²) >= 11 is 5.95. The van der Waals surface area contributed by atoms with Gasteiger partial charge in [0.1, 0.15) is 11.6 Å². The Balaban J connectivity index is 2.55. The first kappa shape index (κ1) is 14.9. The van der Waals surface area contributed by atoms with Gasteiger partial charge in [0.15, 0.2) is 0 Å². The molecule has 0 spiro atoms. The Labute approximate surface area is 122 Å². The molecular formula is C16H16ClF2N. The summed E-state index contributed by atoms with van der Waals surface area (Å²) in [5.41, 5.74) is 2.04. The minimum absolute atomic E-state index is 0.337. The highest BCUT2D eigenvalue weighted by Gasteiger charge is 2.19. The maximum atomic E-state index is 14.1. The molecule has 0 aliphatic rings. The summed E-state index contributed by atoms with van der Waals surface area (Å²) in [5, 5.41) is 3.64. The first-order chi connectivity index (χ1) is 9.52. The standard InChI is InChI=1S/C16H16ClF2N/c1-3-20-16(13-9-12(18)6-4-10(13)2)14-8-11(17)5-7-15(14)19/h4-9,16,20H,3H2,1-2H3. The van der Waals surface area contributed by atoms with Crippen LogP contribution in [-0.4, -0.2) is 6.54 Å². The normalized spacial score (nSPS) is 12.4. The Morgan fingerprint density at radius 1 is 1.10 bits per heavy atom. The molecular weight excluding hydrogens is 280 g/mol. The van der Waals surface area contributed by atoms with Crippen LogP contribution in [-0.2, 0) is 0 Å². The van der Waals surface area contributed by atoms with E-state index in [9.17, 15) is 8.78 Å². The zero-order chi connectivity index (χ0) is 14.7. The Hall–Kier alpha value is -1.45. The highest BCUT2D eigenvalue weighted by molar-refractivity contribution is 6.30. The average molecular weight is 296 g/mol. The molecule has 1 N–H and O–H groups in total. The van der Waals surface area contributed by atoms with Gasteiger partial charge >= 0.3 is 0 Å². The molecule has 0 aromatic heterocycles. The summed E-state index contributed by atoms with van der Waals surface area (Å²) in [6, 6.07) is 8.51. The summed E-state index contributed by atoms with van der Waals surface area (Å²) in [6.45, 7) is 4.43. The Bertz CT molecular complexity index is 562.